The second kappa shape index (κ2) is 7.42. The smallest absolute Gasteiger partial charge is 0.257 e. The summed E-state index contributed by atoms with van der Waals surface area (Å²) in [5.41, 5.74) is 1.90. The lowest BCUT2D eigenvalue weighted by Gasteiger charge is -2.32. The topological polar surface area (TPSA) is 72.1 Å². The van der Waals surface area contributed by atoms with Crippen molar-refractivity contribution < 1.29 is 4.79 Å². The molecule has 2 aromatic heterocycles. The fourth-order valence-corrected chi connectivity index (χ4v) is 4.29. The van der Waals surface area contributed by atoms with Crippen LogP contribution in [0.5, 0.6) is 0 Å². The first-order valence-electron chi connectivity index (χ1n) is 9.91. The molecule has 0 aliphatic carbocycles. The number of aryl methyl sites for hydroxylation is 1. The molecule has 4 heterocycles. The Morgan fingerprint density at radius 3 is 2.89 bits per heavy atom. The molecule has 8 heteroatoms. The van der Waals surface area contributed by atoms with E-state index in [0.717, 1.165) is 74.6 Å². The third-order valence-electron chi connectivity index (χ3n) is 5.74. The number of hydrogen-bond donors (Lipinski definition) is 0. The molecule has 2 aliphatic rings. The average molecular weight is 371 g/mol. The van der Waals surface area contributed by atoms with Crippen LogP contribution in [0.4, 0.5) is 0 Å². The molecule has 1 fully saturated rings. The average Bonchev–Trinajstić information content (AvgIpc) is 3.25. The van der Waals surface area contributed by atoms with E-state index in [4.69, 9.17) is 0 Å². The quantitative estimate of drug-likeness (QED) is 0.813. The van der Waals surface area contributed by atoms with Gasteiger partial charge < -0.3 is 14.4 Å². The minimum absolute atomic E-state index is 0.124. The molecule has 1 amide bonds. The Balaban J connectivity index is 1.51. The summed E-state index contributed by atoms with van der Waals surface area (Å²) in [6.45, 7) is 3.21. The Morgan fingerprint density at radius 1 is 1.22 bits per heavy atom. The largest absolute Gasteiger partial charge is 0.338 e. The zero-order valence-corrected chi connectivity index (χ0v) is 16.6. The van der Waals surface area contributed by atoms with Gasteiger partial charge in [-0.2, -0.15) is 5.10 Å². The molecule has 0 N–H and O–H groups in total. The van der Waals surface area contributed by atoms with Gasteiger partial charge in [-0.05, 0) is 46.2 Å². The van der Waals surface area contributed by atoms with E-state index in [2.05, 4.69) is 24.8 Å². The highest BCUT2D eigenvalue weighted by Crippen LogP contribution is 2.28. The maximum Gasteiger partial charge on any atom is 0.257 e. The van der Waals surface area contributed by atoms with Crippen LogP contribution in [0.3, 0.4) is 0 Å². The molecule has 146 valence electrons. The first-order valence-corrected chi connectivity index (χ1v) is 9.91. The van der Waals surface area contributed by atoms with Crippen molar-refractivity contribution in [2.24, 2.45) is 7.05 Å². The van der Waals surface area contributed by atoms with Crippen LogP contribution in [0, 0.1) is 0 Å². The summed E-state index contributed by atoms with van der Waals surface area (Å²) in [5, 5.41) is 13.2. The number of piperidine rings is 1. The number of hydrogen-bond acceptors (Lipinski definition) is 5. The zero-order chi connectivity index (χ0) is 19.0. The van der Waals surface area contributed by atoms with E-state index in [1.165, 1.54) is 0 Å². The van der Waals surface area contributed by atoms with E-state index in [1.54, 1.807) is 6.20 Å². The van der Waals surface area contributed by atoms with E-state index in [0.29, 0.717) is 6.54 Å². The second-order valence-electron chi connectivity index (χ2n) is 8.05. The summed E-state index contributed by atoms with van der Waals surface area (Å²) >= 11 is 0. The SMILES string of the molecule is CN(C)Cc1nnc(C2CCCN(C(=O)c3cnn4c3CCCC4)C2)n1C. The summed E-state index contributed by atoms with van der Waals surface area (Å²) in [6, 6.07) is 0. The van der Waals surface area contributed by atoms with Gasteiger partial charge in [0, 0.05) is 32.6 Å². The fourth-order valence-electron chi connectivity index (χ4n) is 4.29. The number of rotatable bonds is 4. The van der Waals surface area contributed by atoms with Crippen LogP contribution in [-0.4, -0.2) is 67.4 Å². The molecule has 1 unspecified atom stereocenters. The van der Waals surface area contributed by atoms with Gasteiger partial charge in [0.05, 0.1) is 24.0 Å². The fraction of sp³-hybridized carbons (Fsp3) is 0.684. The monoisotopic (exact) mass is 371 g/mol. The third kappa shape index (κ3) is 3.50. The molecular formula is C19H29N7O. The van der Waals surface area contributed by atoms with Gasteiger partial charge in [-0.1, -0.05) is 0 Å². The first-order chi connectivity index (χ1) is 13.0. The summed E-state index contributed by atoms with van der Waals surface area (Å²) in [6.07, 6.45) is 7.05. The van der Waals surface area contributed by atoms with Crippen molar-refractivity contribution in [1.82, 2.24) is 34.3 Å². The number of nitrogens with zero attached hydrogens (tertiary/aromatic N) is 7. The van der Waals surface area contributed by atoms with Gasteiger partial charge in [-0.25, -0.2) is 0 Å². The van der Waals surface area contributed by atoms with Crippen LogP contribution in [0.2, 0.25) is 0 Å². The number of carbonyl (C=O) groups excluding carboxylic acids is 1. The highest BCUT2D eigenvalue weighted by Gasteiger charge is 2.31. The van der Waals surface area contributed by atoms with Crippen LogP contribution in [0.1, 0.15) is 59.3 Å². The number of amides is 1. The van der Waals surface area contributed by atoms with Gasteiger partial charge in [0.15, 0.2) is 0 Å². The lowest BCUT2D eigenvalue weighted by molar-refractivity contribution is 0.0701. The predicted octanol–water partition coefficient (Wildman–Crippen LogP) is 1.43. The summed E-state index contributed by atoms with van der Waals surface area (Å²) in [7, 11) is 6.09. The molecule has 4 rings (SSSR count). The number of carbonyl (C=O) groups is 1. The molecule has 0 bridgehead atoms. The van der Waals surface area contributed by atoms with Crippen molar-refractivity contribution in [3.05, 3.63) is 29.1 Å². The van der Waals surface area contributed by atoms with Gasteiger partial charge in [0.2, 0.25) is 0 Å². The minimum atomic E-state index is 0.124. The lowest BCUT2D eigenvalue weighted by atomic mass is 9.96. The van der Waals surface area contributed by atoms with E-state index in [1.807, 2.05) is 30.7 Å². The first kappa shape index (κ1) is 18.2. The van der Waals surface area contributed by atoms with Crippen molar-refractivity contribution >= 4 is 5.91 Å². The second-order valence-corrected chi connectivity index (χ2v) is 8.05. The van der Waals surface area contributed by atoms with Gasteiger partial charge in [0.25, 0.3) is 5.91 Å². The van der Waals surface area contributed by atoms with Gasteiger partial charge in [-0.15, -0.1) is 10.2 Å². The molecule has 2 aromatic rings. The van der Waals surface area contributed by atoms with Crippen LogP contribution in [0.25, 0.3) is 0 Å². The van der Waals surface area contributed by atoms with Crippen molar-refractivity contribution in [1.29, 1.82) is 0 Å². The van der Waals surface area contributed by atoms with Crippen molar-refractivity contribution in [2.75, 3.05) is 27.2 Å². The Hall–Kier alpha value is -2.22. The van der Waals surface area contributed by atoms with E-state index >= 15 is 0 Å². The third-order valence-corrected chi connectivity index (χ3v) is 5.74. The lowest BCUT2D eigenvalue weighted by Crippen LogP contribution is -2.40. The maximum absolute atomic E-state index is 13.2. The number of likely N-dealkylation sites (tertiary alicyclic amines) is 1. The molecule has 2 aliphatic heterocycles. The molecular weight excluding hydrogens is 342 g/mol. The molecule has 27 heavy (non-hydrogen) atoms. The number of aromatic nitrogens is 5. The normalized spacial score (nSPS) is 20.1. The predicted molar refractivity (Wildman–Crippen MR) is 101 cm³/mol. The molecule has 8 nitrogen and oxygen atoms in total. The van der Waals surface area contributed by atoms with Crippen molar-refractivity contribution in [3.63, 3.8) is 0 Å². The molecule has 0 radical (unpaired) electrons. The highest BCUT2D eigenvalue weighted by atomic mass is 16.2. The van der Waals surface area contributed by atoms with Crippen LogP contribution in [-0.2, 0) is 26.6 Å². The Morgan fingerprint density at radius 2 is 2.07 bits per heavy atom. The van der Waals surface area contributed by atoms with E-state index in [-0.39, 0.29) is 11.8 Å². The minimum Gasteiger partial charge on any atom is -0.338 e. The standard InChI is InChI=1S/C19H29N7O/c1-23(2)13-17-21-22-18(24(17)3)14-7-6-9-25(12-14)19(27)15-11-20-26-10-5-4-8-16(15)26/h11,14H,4-10,12-13H2,1-3H3. The van der Waals surface area contributed by atoms with E-state index in [9.17, 15) is 4.79 Å². The molecule has 1 atom stereocenters. The summed E-state index contributed by atoms with van der Waals surface area (Å²) in [4.78, 5) is 17.2. The molecule has 0 spiro atoms. The Labute approximate surface area is 160 Å². The van der Waals surface area contributed by atoms with Gasteiger partial charge >= 0.3 is 0 Å². The van der Waals surface area contributed by atoms with Crippen molar-refractivity contribution in [2.45, 2.75) is 51.1 Å². The molecule has 0 aromatic carbocycles. The molecule has 0 saturated carbocycles. The summed E-state index contributed by atoms with van der Waals surface area (Å²) in [5.74, 6) is 2.31. The van der Waals surface area contributed by atoms with Crippen LogP contribution >= 0.6 is 0 Å². The Bertz CT molecular complexity index is 822. The van der Waals surface area contributed by atoms with Crippen molar-refractivity contribution in [3.8, 4) is 0 Å². The van der Waals surface area contributed by atoms with Crippen LogP contribution in [0.15, 0.2) is 6.20 Å². The van der Waals surface area contributed by atoms with Crippen LogP contribution < -0.4 is 0 Å². The Kier molecular flexibility index (Phi) is 4.99. The highest BCUT2D eigenvalue weighted by molar-refractivity contribution is 5.95. The van der Waals surface area contributed by atoms with E-state index < -0.39 is 0 Å². The maximum atomic E-state index is 13.2. The van der Waals surface area contributed by atoms with Gasteiger partial charge in [0.1, 0.15) is 11.6 Å². The molecule has 1 saturated heterocycles. The number of fused-ring (bicyclic) bond motifs is 1. The zero-order valence-electron chi connectivity index (χ0n) is 16.6. The summed E-state index contributed by atoms with van der Waals surface area (Å²) < 4.78 is 4.11. The van der Waals surface area contributed by atoms with Gasteiger partial charge in [-0.3, -0.25) is 9.48 Å².